The Hall–Kier alpha value is -0.600. The standard InChI is InChI=1S/C12H16Cl2O2/c1-4-5-9(13)8-6-11(15-2)12(16-3)7-10(8)14/h6-7,9H,4-5H2,1-3H3. The summed E-state index contributed by atoms with van der Waals surface area (Å²) in [5.41, 5.74) is 0.892. The van der Waals surface area contributed by atoms with Gasteiger partial charge in [0.15, 0.2) is 11.5 Å². The van der Waals surface area contributed by atoms with Crippen molar-refractivity contribution >= 4 is 23.2 Å². The molecule has 4 heteroatoms. The average molecular weight is 263 g/mol. The van der Waals surface area contributed by atoms with Crippen LogP contribution in [0.5, 0.6) is 11.5 Å². The van der Waals surface area contributed by atoms with E-state index in [4.69, 9.17) is 32.7 Å². The minimum Gasteiger partial charge on any atom is -0.493 e. The Labute approximate surface area is 106 Å². The summed E-state index contributed by atoms with van der Waals surface area (Å²) in [7, 11) is 3.18. The van der Waals surface area contributed by atoms with Crippen LogP contribution in [0.3, 0.4) is 0 Å². The summed E-state index contributed by atoms with van der Waals surface area (Å²) in [4.78, 5) is 0. The van der Waals surface area contributed by atoms with Crippen LogP contribution in [0.1, 0.15) is 30.7 Å². The van der Waals surface area contributed by atoms with Crippen molar-refractivity contribution in [2.75, 3.05) is 14.2 Å². The van der Waals surface area contributed by atoms with E-state index < -0.39 is 0 Å². The van der Waals surface area contributed by atoms with Gasteiger partial charge in [0.1, 0.15) is 0 Å². The molecule has 0 amide bonds. The fraction of sp³-hybridized carbons (Fsp3) is 0.500. The third-order valence-corrected chi connectivity index (χ3v) is 3.16. The van der Waals surface area contributed by atoms with Crippen molar-refractivity contribution in [3.63, 3.8) is 0 Å². The van der Waals surface area contributed by atoms with Gasteiger partial charge in [0.2, 0.25) is 0 Å². The maximum Gasteiger partial charge on any atom is 0.162 e. The predicted molar refractivity (Wildman–Crippen MR) is 68.1 cm³/mol. The topological polar surface area (TPSA) is 18.5 Å². The van der Waals surface area contributed by atoms with Gasteiger partial charge in [-0.05, 0) is 18.1 Å². The SMILES string of the molecule is CCCC(Cl)c1cc(OC)c(OC)cc1Cl. The molecule has 1 unspecified atom stereocenters. The number of ether oxygens (including phenoxy) is 2. The Balaban J connectivity index is 3.10. The van der Waals surface area contributed by atoms with E-state index in [-0.39, 0.29) is 5.38 Å². The van der Waals surface area contributed by atoms with Crippen molar-refractivity contribution in [2.24, 2.45) is 0 Å². The van der Waals surface area contributed by atoms with Gasteiger partial charge in [-0.15, -0.1) is 11.6 Å². The first-order chi connectivity index (χ1) is 7.63. The quantitative estimate of drug-likeness (QED) is 0.731. The molecule has 0 spiro atoms. The van der Waals surface area contributed by atoms with Crippen LogP contribution in [-0.2, 0) is 0 Å². The lowest BCUT2D eigenvalue weighted by molar-refractivity contribution is 0.354. The smallest absolute Gasteiger partial charge is 0.162 e. The molecule has 0 aromatic heterocycles. The minimum absolute atomic E-state index is 0.0858. The number of halogens is 2. The molecule has 0 fully saturated rings. The molecular weight excluding hydrogens is 247 g/mol. The Morgan fingerprint density at radius 1 is 1.19 bits per heavy atom. The second kappa shape index (κ2) is 6.21. The molecule has 0 aliphatic heterocycles. The third-order valence-electron chi connectivity index (χ3n) is 2.38. The molecule has 1 rings (SSSR count). The van der Waals surface area contributed by atoms with E-state index in [2.05, 4.69) is 6.92 Å². The van der Waals surface area contributed by atoms with Gasteiger partial charge in [-0.3, -0.25) is 0 Å². The van der Waals surface area contributed by atoms with Crippen LogP contribution < -0.4 is 9.47 Å². The number of rotatable bonds is 5. The van der Waals surface area contributed by atoms with Crippen molar-refractivity contribution in [1.29, 1.82) is 0 Å². The molecule has 16 heavy (non-hydrogen) atoms. The van der Waals surface area contributed by atoms with Gasteiger partial charge in [-0.1, -0.05) is 24.9 Å². The van der Waals surface area contributed by atoms with Crippen LogP contribution >= 0.6 is 23.2 Å². The molecule has 0 bridgehead atoms. The molecule has 1 aromatic carbocycles. The highest BCUT2D eigenvalue weighted by Gasteiger charge is 2.15. The fourth-order valence-electron chi connectivity index (χ4n) is 1.52. The molecule has 0 saturated heterocycles. The highest BCUT2D eigenvalue weighted by molar-refractivity contribution is 6.33. The third kappa shape index (κ3) is 2.96. The van der Waals surface area contributed by atoms with E-state index in [0.717, 1.165) is 18.4 Å². The highest BCUT2D eigenvalue weighted by atomic mass is 35.5. The number of hydrogen-bond donors (Lipinski definition) is 0. The van der Waals surface area contributed by atoms with E-state index >= 15 is 0 Å². The zero-order valence-electron chi connectivity index (χ0n) is 9.72. The van der Waals surface area contributed by atoms with E-state index in [1.165, 1.54) is 0 Å². The van der Waals surface area contributed by atoms with Gasteiger partial charge in [0.25, 0.3) is 0 Å². The summed E-state index contributed by atoms with van der Waals surface area (Å²) in [5, 5.41) is 0.531. The van der Waals surface area contributed by atoms with Crippen molar-refractivity contribution in [1.82, 2.24) is 0 Å². The lowest BCUT2D eigenvalue weighted by Crippen LogP contribution is -1.96. The van der Waals surface area contributed by atoms with E-state index in [1.54, 1.807) is 20.3 Å². The molecule has 1 aromatic rings. The summed E-state index contributed by atoms with van der Waals surface area (Å²) in [6, 6.07) is 3.58. The molecule has 0 aliphatic rings. The van der Waals surface area contributed by atoms with Gasteiger partial charge < -0.3 is 9.47 Å². The molecule has 0 heterocycles. The summed E-state index contributed by atoms with van der Waals surface area (Å²) >= 11 is 12.4. The number of hydrogen-bond acceptors (Lipinski definition) is 2. The zero-order chi connectivity index (χ0) is 12.1. The molecule has 0 aliphatic carbocycles. The van der Waals surface area contributed by atoms with Crippen LogP contribution in [0.25, 0.3) is 0 Å². The zero-order valence-corrected chi connectivity index (χ0v) is 11.2. The predicted octanol–water partition coefficient (Wildman–Crippen LogP) is 4.44. The summed E-state index contributed by atoms with van der Waals surface area (Å²) in [5.74, 6) is 1.28. The second-order valence-corrected chi connectivity index (χ2v) is 4.42. The molecule has 2 nitrogen and oxygen atoms in total. The largest absolute Gasteiger partial charge is 0.493 e. The van der Waals surface area contributed by atoms with Crippen LogP contribution in [0.2, 0.25) is 5.02 Å². The van der Waals surface area contributed by atoms with Gasteiger partial charge in [0.05, 0.1) is 19.6 Å². The van der Waals surface area contributed by atoms with Crippen molar-refractivity contribution in [3.8, 4) is 11.5 Å². The maximum atomic E-state index is 6.26. The molecule has 90 valence electrons. The van der Waals surface area contributed by atoms with Gasteiger partial charge in [-0.25, -0.2) is 0 Å². The lowest BCUT2D eigenvalue weighted by Gasteiger charge is -2.14. The maximum absolute atomic E-state index is 6.26. The number of alkyl halides is 1. The van der Waals surface area contributed by atoms with Crippen molar-refractivity contribution in [2.45, 2.75) is 25.1 Å². The first-order valence-corrected chi connectivity index (χ1v) is 6.01. The van der Waals surface area contributed by atoms with E-state index in [0.29, 0.717) is 16.5 Å². The van der Waals surface area contributed by atoms with Gasteiger partial charge >= 0.3 is 0 Å². The van der Waals surface area contributed by atoms with Crippen LogP contribution in [-0.4, -0.2) is 14.2 Å². The number of methoxy groups -OCH3 is 2. The summed E-state index contributed by atoms with van der Waals surface area (Å²) in [6.07, 6.45) is 1.90. The summed E-state index contributed by atoms with van der Waals surface area (Å²) < 4.78 is 10.4. The van der Waals surface area contributed by atoms with Gasteiger partial charge in [0, 0.05) is 11.1 Å². The van der Waals surface area contributed by atoms with Crippen LogP contribution in [0.15, 0.2) is 12.1 Å². The van der Waals surface area contributed by atoms with E-state index in [1.807, 2.05) is 6.07 Å². The van der Waals surface area contributed by atoms with E-state index in [9.17, 15) is 0 Å². The Bertz CT molecular complexity index is 353. The monoisotopic (exact) mass is 262 g/mol. The van der Waals surface area contributed by atoms with Crippen molar-refractivity contribution in [3.05, 3.63) is 22.7 Å². The first-order valence-electron chi connectivity index (χ1n) is 5.19. The number of benzene rings is 1. The lowest BCUT2D eigenvalue weighted by atomic mass is 10.1. The van der Waals surface area contributed by atoms with Gasteiger partial charge in [-0.2, -0.15) is 0 Å². The normalized spacial score (nSPS) is 12.3. The summed E-state index contributed by atoms with van der Waals surface area (Å²) in [6.45, 7) is 2.09. The highest BCUT2D eigenvalue weighted by Crippen LogP contribution is 2.39. The van der Waals surface area contributed by atoms with Crippen LogP contribution in [0, 0.1) is 0 Å². The fourth-order valence-corrected chi connectivity index (χ4v) is 2.26. The first kappa shape index (κ1) is 13.5. The molecular formula is C12H16Cl2O2. The minimum atomic E-state index is -0.0858. The van der Waals surface area contributed by atoms with Crippen molar-refractivity contribution < 1.29 is 9.47 Å². The molecule has 0 saturated carbocycles. The Morgan fingerprint density at radius 3 is 2.25 bits per heavy atom. The molecule has 0 radical (unpaired) electrons. The Morgan fingerprint density at radius 2 is 1.75 bits per heavy atom. The molecule has 1 atom stereocenters. The van der Waals surface area contributed by atoms with Crippen LogP contribution in [0.4, 0.5) is 0 Å². The second-order valence-electron chi connectivity index (χ2n) is 3.48. The molecule has 0 N–H and O–H groups in total. The average Bonchev–Trinajstić information content (AvgIpc) is 2.28. The Kier molecular flexibility index (Phi) is 5.23.